The Bertz CT molecular complexity index is 764. The largest absolute Gasteiger partial charge is 0.497 e. The molecule has 156 valence electrons. The van der Waals surface area contributed by atoms with Crippen LogP contribution in [0.5, 0.6) is 5.75 Å². The quantitative estimate of drug-likeness (QED) is 0.769. The third-order valence-electron chi connectivity index (χ3n) is 6.02. The van der Waals surface area contributed by atoms with Gasteiger partial charge in [-0.2, -0.15) is 0 Å². The fourth-order valence-corrected chi connectivity index (χ4v) is 5.00. The monoisotopic (exact) mass is 410 g/mol. The van der Waals surface area contributed by atoms with Crippen LogP contribution in [-0.4, -0.2) is 64.8 Å². The number of hydrogen-bond acceptors (Lipinski definition) is 5. The van der Waals surface area contributed by atoms with E-state index < -0.39 is 15.4 Å². The normalized spacial score (nSPS) is 21.2. The van der Waals surface area contributed by atoms with Crippen molar-refractivity contribution in [1.29, 1.82) is 0 Å². The van der Waals surface area contributed by atoms with Crippen molar-refractivity contribution < 1.29 is 22.7 Å². The van der Waals surface area contributed by atoms with Crippen molar-refractivity contribution in [3.05, 3.63) is 29.8 Å². The molecule has 0 radical (unpaired) electrons. The molecule has 0 saturated carbocycles. The molecule has 8 heteroatoms. The zero-order chi connectivity index (χ0) is 20.2. The molecule has 0 aromatic heterocycles. The van der Waals surface area contributed by atoms with Crippen LogP contribution in [0.25, 0.3) is 0 Å². The van der Waals surface area contributed by atoms with Crippen LogP contribution in [0.3, 0.4) is 0 Å². The maximum atomic E-state index is 13.2. The molecule has 2 aliphatic rings. The predicted octanol–water partition coefficient (Wildman–Crippen LogP) is 1.53. The van der Waals surface area contributed by atoms with Gasteiger partial charge in [-0.25, -0.2) is 12.7 Å². The van der Waals surface area contributed by atoms with Crippen molar-refractivity contribution in [2.24, 2.45) is 5.92 Å². The van der Waals surface area contributed by atoms with Crippen LogP contribution in [0, 0.1) is 5.92 Å². The summed E-state index contributed by atoms with van der Waals surface area (Å²) in [5, 5.41) is 3.15. The molecule has 2 fully saturated rings. The summed E-state index contributed by atoms with van der Waals surface area (Å²) in [6.07, 6.45) is 4.09. The molecule has 0 atom stereocenters. The highest BCUT2D eigenvalue weighted by Gasteiger charge is 2.41. The highest BCUT2D eigenvalue weighted by molar-refractivity contribution is 7.88. The number of benzene rings is 1. The van der Waals surface area contributed by atoms with Gasteiger partial charge < -0.3 is 14.8 Å². The van der Waals surface area contributed by atoms with Crippen LogP contribution >= 0.6 is 0 Å². The summed E-state index contributed by atoms with van der Waals surface area (Å²) in [6.45, 7) is 2.75. The van der Waals surface area contributed by atoms with Crippen molar-refractivity contribution in [3.63, 3.8) is 0 Å². The molecule has 1 aromatic carbocycles. The Kier molecular flexibility index (Phi) is 6.62. The topological polar surface area (TPSA) is 84.9 Å². The van der Waals surface area contributed by atoms with Crippen LogP contribution in [0.2, 0.25) is 0 Å². The maximum absolute atomic E-state index is 13.2. The minimum Gasteiger partial charge on any atom is -0.497 e. The first-order chi connectivity index (χ1) is 13.3. The summed E-state index contributed by atoms with van der Waals surface area (Å²) < 4.78 is 35.6. The van der Waals surface area contributed by atoms with Gasteiger partial charge in [0, 0.05) is 32.8 Å². The number of carbonyl (C=O) groups excluding carboxylic acids is 1. The lowest BCUT2D eigenvalue weighted by Crippen LogP contribution is -2.50. The number of hydrogen-bond donors (Lipinski definition) is 1. The summed E-state index contributed by atoms with van der Waals surface area (Å²) in [5.41, 5.74) is 0.402. The summed E-state index contributed by atoms with van der Waals surface area (Å²) in [6, 6.07) is 7.71. The summed E-state index contributed by atoms with van der Waals surface area (Å²) in [4.78, 5) is 13.2. The first kappa shape index (κ1) is 21.1. The molecule has 0 bridgehead atoms. The Morgan fingerprint density at radius 3 is 2.36 bits per heavy atom. The van der Waals surface area contributed by atoms with Crippen LogP contribution in [0.1, 0.15) is 31.2 Å². The van der Waals surface area contributed by atoms with Gasteiger partial charge in [0.2, 0.25) is 15.9 Å². The van der Waals surface area contributed by atoms with E-state index in [0.29, 0.717) is 51.6 Å². The number of piperidine rings is 1. The predicted molar refractivity (Wildman–Crippen MR) is 107 cm³/mol. The summed E-state index contributed by atoms with van der Waals surface area (Å²) in [5.74, 6) is 1.10. The summed E-state index contributed by atoms with van der Waals surface area (Å²) in [7, 11) is -1.50. The third kappa shape index (κ3) is 4.67. The molecule has 0 spiro atoms. The van der Waals surface area contributed by atoms with Gasteiger partial charge in [-0.3, -0.25) is 4.79 Å². The first-order valence-electron chi connectivity index (χ1n) is 9.81. The van der Waals surface area contributed by atoms with Gasteiger partial charge in [0.25, 0.3) is 0 Å². The van der Waals surface area contributed by atoms with E-state index in [-0.39, 0.29) is 5.91 Å². The Morgan fingerprint density at radius 1 is 1.21 bits per heavy atom. The van der Waals surface area contributed by atoms with Gasteiger partial charge in [0.15, 0.2) is 0 Å². The highest BCUT2D eigenvalue weighted by Crippen LogP contribution is 2.36. The highest BCUT2D eigenvalue weighted by atomic mass is 32.2. The van der Waals surface area contributed by atoms with Crippen LogP contribution in [0.4, 0.5) is 0 Å². The lowest BCUT2D eigenvalue weighted by atomic mass is 9.73. The molecular formula is C20H30N2O5S. The average Bonchev–Trinajstić information content (AvgIpc) is 2.72. The van der Waals surface area contributed by atoms with E-state index in [1.807, 2.05) is 24.3 Å². The number of amides is 1. The SMILES string of the molecule is COc1ccc(C2(C(=O)NCC3CCN(S(C)(=O)=O)CC3)CCOCC2)cc1. The minimum atomic E-state index is -3.13. The molecule has 7 nitrogen and oxygen atoms in total. The van der Waals surface area contributed by atoms with Crippen molar-refractivity contribution in [2.75, 3.05) is 46.2 Å². The van der Waals surface area contributed by atoms with Crippen LogP contribution in [-0.2, 0) is 25.0 Å². The average molecular weight is 411 g/mol. The third-order valence-corrected chi connectivity index (χ3v) is 7.32. The van der Waals surface area contributed by atoms with E-state index in [4.69, 9.17) is 9.47 Å². The van der Waals surface area contributed by atoms with E-state index in [1.54, 1.807) is 7.11 Å². The number of carbonyl (C=O) groups is 1. The van der Waals surface area contributed by atoms with Gasteiger partial charge >= 0.3 is 0 Å². The first-order valence-corrected chi connectivity index (χ1v) is 11.7. The van der Waals surface area contributed by atoms with Gasteiger partial charge in [-0.05, 0) is 49.3 Å². The summed E-state index contributed by atoms with van der Waals surface area (Å²) >= 11 is 0. The van der Waals surface area contributed by atoms with E-state index >= 15 is 0 Å². The zero-order valence-electron chi connectivity index (χ0n) is 16.6. The van der Waals surface area contributed by atoms with Crippen molar-refractivity contribution in [2.45, 2.75) is 31.1 Å². The van der Waals surface area contributed by atoms with Gasteiger partial charge in [0.05, 0.1) is 18.8 Å². The van der Waals surface area contributed by atoms with E-state index in [2.05, 4.69) is 5.32 Å². The van der Waals surface area contributed by atoms with E-state index in [0.717, 1.165) is 24.2 Å². The lowest BCUT2D eigenvalue weighted by Gasteiger charge is -2.37. The van der Waals surface area contributed by atoms with Gasteiger partial charge in [-0.15, -0.1) is 0 Å². The number of nitrogens with zero attached hydrogens (tertiary/aromatic N) is 1. The molecule has 2 saturated heterocycles. The maximum Gasteiger partial charge on any atom is 0.230 e. The molecule has 0 aliphatic carbocycles. The number of nitrogens with one attached hydrogen (secondary N) is 1. The number of methoxy groups -OCH3 is 1. The van der Waals surface area contributed by atoms with Gasteiger partial charge in [0.1, 0.15) is 5.75 Å². The zero-order valence-corrected chi connectivity index (χ0v) is 17.5. The Labute approximate surface area is 167 Å². The van der Waals surface area contributed by atoms with Crippen LogP contribution < -0.4 is 10.1 Å². The molecule has 3 rings (SSSR count). The van der Waals surface area contributed by atoms with Gasteiger partial charge in [-0.1, -0.05) is 12.1 Å². The molecule has 1 amide bonds. The number of ether oxygens (including phenoxy) is 2. The van der Waals surface area contributed by atoms with Crippen molar-refractivity contribution in [1.82, 2.24) is 9.62 Å². The minimum absolute atomic E-state index is 0.0338. The van der Waals surface area contributed by atoms with Crippen molar-refractivity contribution in [3.8, 4) is 5.75 Å². The second kappa shape index (κ2) is 8.80. The second-order valence-electron chi connectivity index (χ2n) is 7.74. The van der Waals surface area contributed by atoms with Crippen LogP contribution in [0.15, 0.2) is 24.3 Å². The fraction of sp³-hybridized carbons (Fsp3) is 0.650. The molecule has 1 aromatic rings. The standard InChI is InChI=1S/C20H30N2O5S/c1-26-18-5-3-17(4-6-18)20(9-13-27-14-10-20)19(23)21-15-16-7-11-22(12-8-16)28(2,24)25/h3-6,16H,7-15H2,1-2H3,(H,21,23). The fourth-order valence-electron chi connectivity index (χ4n) is 4.13. The lowest BCUT2D eigenvalue weighted by molar-refractivity contribution is -0.130. The molecular weight excluding hydrogens is 380 g/mol. The molecule has 28 heavy (non-hydrogen) atoms. The Morgan fingerprint density at radius 2 is 1.82 bits per heavy atom. The second-order valence-corrected chi connectivity index (χ2v) is 9.72. The Hall–Kier alpha value is -1.64. The Balaban J connectivity index is 1.64. The smallest absolute Gasteiger partial charge is 0.230 e. The van der Waals surface area contributed by atoms with E-state index in [1.165, 1.54) is 10.6 Å². The van der Waals surface area contributed by atoms with Crippen molar-refractivity contribution >= 4 is 15.9 Å². The molecule has 1 N–H and O–H groups in total. The molecule has 2 aliphatic heterocycles. The molecule has 0 unspecified atom stereocenters. The van der Waals surface area contributed by atoms with E-state index in [9.17, 15) is 13.2 Å². The number of rotatable bonds is 6. The number of sulfonamides is 1. The molecule has 2 heterocycles.